The Morgan fingerprint density at radius 1 is 1.06 bits per heavy atom. The van der Waals surface area contributed by atoms with E-state index in [1.54, 1.807) is 0 Å². The van der Waals surface area contributed by atoms with Crippen molar-refractivity contribution in [2.24, 2.45) is 0 Å². The van der Waals surface area contributed by atoms with Gasteiger partial charge in [0.2, 0.25) is 0 Å². The fourth-order valence-corrected chi connectivity index (χ4v) is 1.86. The number of benzene rings is 1. The minimum atomic E-state index is -0.00257. The smallest absolute Gasteiger partial charge is 0.0688 e. The molecular weight excluding hydrogens is 202 g/mol. The van der Waals surface area contributed by atoms with Gasteiger partial charge in [-0.2, -0.15) is 0 Å². The van der Waals surface area contributed by atoms with Crippen LogP contribution < -0.4 is 0 Å². The molecule has 2 N–H and O–H groups in total. The van der Waals surface area contributed by atoms with Gasteiger partial charge in [-0.15, -0.1) is 0 Å². The molecule has 0 aliphatic carbocycles. The first-order valence-corrected chi connectivity index (χ1v) is 5.65. The predicted octanol–water partition coefficient (Wildman–Crippen LogP) is 1.17. The van der Waals surface area contributed by atoms with E-state index < -0.39 is 0 Å². The SMILES string of the molecule is CN(C)CCCc1cccc(CO)c1CO. The van der Waals surface area contributed by atoms with Gasteiger partial charge < -0.3 is 15.1 Å². The Labute approximate surface area is 97.3 Å². The highest BCUT2D eigenvalue weighted by Gasteiger charge is 2.06. The van der Waals surface area contributed by atoms with E-state index in [0.29, 0.717) is 0 Å². The lowest BCUT2D eigenvalue weighted by Gasteiger charge is -2.13. The van der Waals surface area contributed by atoms with Gasteiger partial charge in [0.05, 0.1) is 13.2 Å². The number of hydrogen-bond donors (Lipinski definition) is 2. The van der Waals surface area contributed by atoms with Crippen LogP contribution in [-0.4, -0.2) is 35.8 Å². The van der Waals surface area contributed by atoms with Crippen LogP contribution in [0.25, 0.3) is 0 Å². The van der Waals surface area contributed by atoms with E-state index in [1.807, 2.05) is 18.2 Å². The molecule has 1 aromatic rings. The van der Waals surface area contributed by atoms with Gasteiger partial charge >= 0.3 is 0 Å². The Bertz CT molecular complexity index is 324. The van der Waals surface area contributed by atoms with Gasteiger partial charge in [-0.05, 0) is 50.2 Å². The van der Waals surface area contributed by atoms with Crippen LogP contribution in [-0.2, 0) is 19.6 Å². The van der Waals surface area contributed by atoms with Crippen molar-refractivity contribution in [3.05, 3.63) is 34.9 Å². The molecule has 0 unspecified atom stereocenters. The molecule has 0 aliphatic heterocycles. The average Bonchev–Trinajstić information content (AvgIpc) is 2.28. The van der Waals surface area contributed by atoms with Crippen LogP contribution >= 0.6 is 0 Å². The highest BCUT2D eigenvalue weighted by molar-refractivity contribution is 5.34. The van der Waals surface area contributed by atoms with Crippen molar-refractivity contribution < 1.29 is 10.2 Å². The molecule has 0 saturated carbocycles. The Morgan fingerprint density at radius 2 is 1.75 bits per heavy atom. The number of rotatable bonds is 6. The summed E-state index contributed by atoms with van der Waals surface area (Å²) >= 11 is 0. The standard InChI is InChI=1S/C13H21NO2/c1-14(2)8-4-7-11-5-3-6-12(9-15)13(11)10-16/h3,5-6,15-16H,4,7-10H2,1-2H3. The molecule has 0 heterocycles. The zero-order chi connectivity index (χ0) is 12.0. The predicted molar refractivity (Wildman–Crippen MR) is 65.2 cm³/mol. The van der Waals surface area contributed by atoms with Gasteiger partial charge in [-0.25, -0.2) is 0 Å². The van der Waals surface area contributed by atoms with Crippen molar-refractivity contribution >= 4 is 0 Å². The monoisotopic (exact) mass is 223 g/mol. The molecule has 1 aromatic carbocycles. The van der Waals surface area contributed by atoms with Crippen LogP contribution in [0.3, 0.4) is 0 Å². The summed E-state index contributed by atoms with van der Waals surface area (Å²) in [5.41, 5.74) is 2.88. The Kier molecular flexibility index (Phi) is 5.46. The van der Waals surface area contributed by atoms with Gasteiger partial charge in [-0.1, -0.05) is 18.2 Å². The minimum absolute atomic E-state index is 0.00257. The molecule has 0 aliphatic rings. The molecule has 0 fully saturated rings. The molecule has 16 heavy (non-hydrogen) atoms. The maximum atomic E-state index is 9.32. The van der Waals surface area contributed by atoms with Crippen molar-refractivity contribution in [3.63, 3.8) is 0 Å². The molecule has 90 valence electrons. The molecule has 0 amide bonds. The number of aliphatic hydroxyl groups excluding tert-OH is 2. The van der Waals surface area contributed by atoms with Gasteiger partial charge in [0, 0.05) is 0 Å². The summed E-state index contributed by atoms with van der Waals surface area (Å²) in [6, 6.07) is 5.83. The third-order valence-electron chi connectivity index (χ3n) is 2.75. The zero-order valence-electron chi connectivity index (χ0n) is 10.1. The summed E-state index contributed by atoms with van der Waals surface area (Å²) in [4.78, 5) is 2.15. The molecule has 0 saturated heterocycles. The van der Waals surface area contributed by atoms with Gasteiger partial charge in [0.15, 0.2) is 0 Å². The van der Waals surface area contributed by atoms with Crippen molar-refractivity contribution in [2.45, 2.75) is 26.1 Å². The van der Waals surface area contributed by atoms with Gasteiger partial charge in [0.25, 0.3) is 0 Å². The van der Waals surface area contributed by atoms with Crippen LogP contribution in [0.15, 0.2) is 18.2 Å². The van der Waals surface area contributed by atoms with Crippen LogP contribution in [0.2, 0.25) is 0 Å². The summed E-state index contributed by atoms with van der Waals surface area (Å²) < 4.78 is 0. The molecule has 0 radical (unpaired) electrons. The van der Waals surface area contributed by atoms with E-state index in [-0.39, 0.29) is 13.2 Å². The van der Waals surface area contributed by atoms with E-state index in [9.17, 15) is 5.11 Å². The number of aliphatic hydroxyl groups is 2. The number of nitrogens with zero attached hydrogens (tertiary/aromatic N) is 1. The van der Waals surface area contributed by atoms with Crippen molar-refractivity contribution in [1.29, 1.82) is 0 Å². The first-order valence-electron chi connectivity index (χ1n) is 5.65. The lowest BCUT2D eigenvalue weighted by Crippen LogP contribution is -2.14. The molecular formula is C13H21NO2. The summed E-state index contributed by atoms with van der Waals surface area (Å²) in [5, 5.41) is 18.5. The zero-order valence-corrected chi connectivity index (χ0v) is 10.1. The van der Waals surface area contributed by atoms with Gasteiger partial charge in [-0.3, -0.25) is 0 Å². The van der Waals surface area contributed by atoms with Gasteiger partial charge in [0.1, 0.15) is 0 Å². The molecule has 0 atom stereocenters. The highest BCUT2D eigenvalue weighted by Crippen LogP contribution is 2.17. The van der Waals surface area contributed by atoms with Crippen molar-refractivity contribution in [2.75, 3.05) is 20.6 Å². The Balaban J connectivity index is 2.71. The number of hydrogen-bond acceptors (Lipinski definition) is 3. The molecule has 0 bridgehead atoms. The largest absolute Gasteiger partial charge is 0.392 e. The summed E-state index contributed by atoms with van der Waals surface area (Å²) in [5.74, 6) is 0. The Morgan fingerprint density at radius 3 is 2.31 bits per heavy atom. The third kappa shape index (κ3) is 3.59. The Hall–Kier alpha value is -0.900. The first kappa shape index (κ1) is 13.2. The molecule has 0 aromatic heterocycles. The van der Waals surface area contributed by atoms with E-state index >= 15 is 0 Å². The lowest BCUT2D eigenvalue weighted by molar-refractivity contribution is 0.259. The third-order valence-corrected chi connectivity index (χ3v) is 2.75. The van der Waals surface area contributed by atoms with E-state index in [1.165, 1.54) is 0 Å². The molecule has 1 rings (SSSR count). The average molecular weight is 223 g/mol. The fourth-order valence-electron chi connectivity index (χ4n) is 1.86. The van der Waals surface area contributed by atoms with Crippen LogP contribution in [0.4, 0.5) is 0 Å². The highest BCUT2D eigenvalue weighted by atomic mass is 16.3. The number of aryl methyl sites for hydroxylation is 1. The van der Waals surface area contributed by atoms with Crippen LogP contribution in [0.5, 0.6) is 0 Å². The summed E-state index contributed by atoms with van der Waals surface area (Å²) in [6.07, 6.45) is 2.01. The van der Waals surface area contributed by atoms with Crippen molar-refractivity contribution in [1.82, 2.24) is 4.90 Å². The quantitative estimate of drug-likeness (QED) is 0.760. The van der Waals surface area contributed by atoms with Crippen molar-refractivity contribution in [3.8, 4) is 0 Å². The minimum Gasteiger partial charge on any atom is -0.392 e. The molecule has 3 nitrogen and oxygen atoms in total. The van der Waals surface area contributed by atoms with E-state index in [2.05, 4.69) is 19.0 Å². The molecule has 0 spiro atoms. The van der Waals surface area contributed by atoms with Crippen LogP contribution in [0.1, 0.15) is 23.1 Å². The lowest BCUT2D eigenvalue weighted by atomic mass is 9.98. The summed E-state index contributed by atoms with van der Waals surface area (Å²) in [7, 11) is 4.11. The second kappa shape index (κ2) is 6.63. The van der Waals surface area contributed by atoms with Crippen LogP contribution in [0, 0.1) is 0 Å². The molecule has 3 heteroatoms. The second-order valence-electron chi connectivity index (χ2n) is 4.28. The topological polar surface area (TPSA) is 43.7 Å². The maximum Gasteiger partial charge on any atom is 0.0688 e. The summed E-state index contributed by atoms with van der Waals surface area (Å²) in [6.45, 7) is 1.04. The van der Waals surface area contributed by atoms with E-state index in [4.69, 9.17) is 5.11 Å². The fraction of sp³-hybridized carbons (Fsp3) is 0.538. The second-order valence-corrected chi connectivity index (χ2v) is 4.28. The maximum absolute atomic E-state index is 9.32. The first-order chi connectivity index (χ1) is 7.69. The normalized spacial score (nSPS) is 11.1. The van der Waals surface area contributed by atoms with E-state index in [0.717, 1.165) is 36.1 Å².